The molecule has 0 saturated carbocycles. The molecule has 4 nitrogen and oxygen atoms in total. The van der Waals surface area contributed by atoms with Gasteiger partial charge in [0, 0.05) is 11.6 Å². The second kappa shape index (κ2) is 8.22. The highest BCUT2D eigenvalue weighted by molar-refractivity contribution is 6.18. The van der Waals surface area contributed by atoms with Gasteiger partial charge in [0.15, 0.2) is 0 Å². The van der Waals surface area contributed by atoms with Crippen LogP contribution >= 0.6 is 0 Å². The highest BCUT2D eigenvalue weighted by atomic mass is 16.5. The molecule has 0 aromatic heterocycles. The first-order valence-corrected chi connectivity index (χ1v) is 8.91. The molecule has 0 saturated heterocycles. The molecule has 1 N–H and O–H groups in total. The first-order valence-electron chi connectivity index (χ1n) is 8.91. The molecule has 0 bridgehead atoms. The number of aromatic hydroxyl groups is 1. The summed E-state index contributed by atoms with van der Waals surface area (Å²) in [5.74, 6) is 0.325. The average Bonchev–Trinajstić information content (AvgIpc) is 2.53. The number of carbonyl (C=O) groups is 1. The molecule has 1 aliphatic rings. The van der Waals surface area contributed by atoms with E-state index in [1.165, 1.54) is 19.3 Å². The van der Waals surface area contributed by atoms with E-state index in [-0.39, 0.29) is 11.7 Å². The lowest BCUT2D eigenvalue weighted by Gasteiger charge is -2.33. The number of fused-ring (bicyclic) bond motifs is 1. The van der Waals surface area contributed by atoms with Crippen LogP contribution in [-0.2, 0) is 9.53 Å². The third kappa shape index (κ3) is 4.53. The Kier molecular flexibility index (Phi) is 6.29. The zero-order valence-corrected chi connectivity index (χ0v) is 14.9. The van der Waals surface area contributed by atoms with Crippen LogP contribution in [0, 0.1) is 0 Å². The third-order valence-electron chi connectivity index (χ3n) is 4.32. The van der Waals surface area contributed by atoms with E-state index in [0.717, 1.165) is 19.3 Å². The van der Waals surface area contributed by atoms with Gasteiger partial charge < -0.3 is 14.6 Å². The van der Waals surface area contributed by atoms with E-state index < -0.39 is 5.60 Å². The van der Waals surface area contributed by atoms with Gasteiger partial charge in [0.2, 0.25) is 0 Å². The highest BCUT2D eigenvalue weighted by Crippen LogP contribution is 2.40. The van der Waals surface area contributed by atoms with E-state index in [1.54, 1.807) is 25.1 Å². The first kappa shape index (κ1) is 18.4. The number of phenolic OH excluding ortho intramolecular Hbond substituents is 1. The Balaban J connectivity index is 2.21. The van der Waals surface area contributed by atoms with Crippen molar-refractivity contribution in [3.05, 3.63) is 29.8 Å². The van der Waals surface area contributed by atoms with Gasteiger partial charge in [-0.25, -0.2) is 4.79 Å². The largest absolute Gasteiger partial charge is 0.508 e. The molecule has 132 valence electrons. The Morgan fingerprint density at radius 3 is 2.67 bits per heavy atom. The number of phenols is 1. The number of esters is 1. The van der Waals surface area contributed by atoms with E-state index in [4.69, 9.17) is 9.47 Å². The van der Waals surface area contributed by atoms with Crippen molar-refractivity contribution in [2.24, 2.45) is 0 Å². The standard InChI is InChI=1S/C20H28O4/c1-4-6-7-8-9-12-20(3)14-17(19(22)23-5-2)16-11-10-15(21)13-18(16)24-20/h10-11,13-14,21H,4-9,12H2,1-3H3. The molecule has 0 amide bonds. The summed E-state index contributed by atoms with van der Waals surface area (Å²) >= 11 is 0. The van der Waals surface area contributed by atoms with Crippen LogP contribution in [0.3, 0.4) is 0 Å². The SMILES string of the molecule is CCCCCCCC1(C)C=C(C(=O)OCC)c2ccc(O)cc2O1. The molecule has 0 spiro atoms. The van der Waals surface area contributed by atoms with Crippen molar-refractivity contribution < 1.29 is 19.4 Å². The Morgan fingerprint density at radius 1 is 1.21 bits per heavy atom. The van der Waals surface area contributed by atoms with Crippen LogP contribution in [0.25, 0.3) is 5.57 Å². The fourth-order valence-electron chi connectivity index (χ4n) is 3.06. The lowest BCUT2D eigenvalue weighted by Crippen LogP contribution is -2.34. The fourth-order valence-corrected chi connectivity index (χ4v) is 3.06. The summed E-state index contributed by atoms with van der Waals surface area (Å²) < 4.78 is 11.3. The Morgan fingerprint density at radius 2 is 1.96 bits per heavy atom. The third-order valence-corrected chi connectivity index (χ3v) is 4.32. The van der Waals surface area contributed by atoms with E-state index in [9.17, 15) is 9.90 Å². The number of benzene rings is 1. The molecular formula is C20H28O4. The summed E-state index contributed by atoms with van der Waals surface area (Å²) in [7, 11) is 0. The molecule has 1 aromatic carbocycles. The topological polar surface area (TPSA) is 55.8 Å². The van der Waals surface area contributed by atoms with E-state index in [2.05, 4.69) is 6.92 Å². The summed E-state index contributed by atoms with van der Waals surface area (Å²) in [6, 6.07) is 4.83. The number of rotatable bonds is 8. The predicted molar refractivity (Wildman–Crippen MR) is 95.1 cm³/mol. The van der Waals surface area contributed by atoms with Gasteiger partial charge in [0.05, 0.1) is 12.2 Å². The molecule has 1 aliphatic heterocycles. The van der Waals surface area contributed by atoms with Gasteiger partial charge in [0.25, 0.3) is 0 Å². The fraction of sp³-hybridized carbons (Fsp3) is 0.550. The van der Waals surface area contributed by atoms with Crippen LogP contribution in [0.15, 0.2) is 24.3 Å². The number of hydrogen-bond donors (Lipinski definition) is 1. The Labute approximate surface area is 144 Å². The molecule has 4 heteroatoms. The van der Waals surface area contributed by atoms with Crippen molar-refractivity contribution in [2.45, 2.75) is 64.9 Å². The maximum atomic E-state index is 12.3. The second-order valence-electron chi connectivity index (χ2n) is 6.54. The molecule has 0 fully saturated rings. The van der Waals surface area contributed by atoms with Crippen LogP contribution in [0.2, 0.25) is 0 Å². The van der Waals surface area contributed by atoms with E-state index in [0.29, 0.717) is 23.5 Å². The number of ether oxygens (including phenoxy) is 2. The molecule has 1 aromatic rings. The van der Waals surface area contributed by atoms with Crippen LogP contribution < -0.4 is 4.74 Å². The van der Waals surface area contributed by atoms with Crippen molar-refractivity contribution >= 4 is 11.5 Å². The highest BCUT2D eigenvalue weighted by Gasteiger charge is 2.33. The monoisotopic (exact) mass is 332 g/mol. The first-order chi connectivity index (χ1) is 11.5. The van der Waals surface area contributed by atoms with Crippen molar-refractivity contribution in [3.8, 4) is 11.5 Å². The van der Waals surface area contributed by atoms with E-state index >= 15 is 0 Å². The molecule has 0 radical (unpaired) electrons. The minimum absolute atomic E-state index is 0.129. The van der Waals surface area contributed by atoms with Crippen molar-refractivity contribution in [2.75, 3.05) is 6.61 Å². The maximum absolute atomic E-state index is 12.3. The lowest BCUT2D eigenvalue weighted by atomic mass is 9.89. The van der Waals surface area contributed by atoms with Crippen LogP contribution in [0.5, 0.6) is 11.5 Å². The molecule has 1 heterocycles. The Hall–Kier alpha value is -1.97. The average molecular weight is 332 g/mol. The number of hydrogen-bond acceptors (Lipinski definition) is 4. The van der Waals surface area contributed by atoms with Crippen LogP contribution in [-0.4, -0.2) is 23.3 Å². The quantitative estimate of drug-likeness (QED) is 0.546. The molecule has 24 heavy (non-hydrogen) atoms. The minimum Gasteiger partial charge on any atom is -0.508 e. The Bertz CT molecular complexity index is 606. The number of unbranched alkanes of at least 4 members (excludes halogenated alkanes) is 4. The lowest BCUT2D eigenvalue weighted by molar-refractivity contribution is -0.136. The maximum Gasteiger partial charge on any atom is 0.338 e. The summed E-state index contributed by atoms with van der Waals surface area (Å²) in [6.45, 7) is 6.31. The van der Waals surface area contributed by atoms with Crippen LogP contribution in [0.1, 0.15) is 64.9 Å². The molecule has 1 unspecified atom stereocenters. The summed E-state index contributed by atoms with van der Waals surface area (Å²) in [4.78, 5) is 12.3. The molecule has 2 rings (SSSR count). The van der Waals surface area contributed by atoms with Gasteiger partial charge in [-0.15, -0.1) is 0 Å². The van der Waals surface area contributed by atoms with E-state index in [1.807, 2.05) is 13.0 Å². The van der Waals surface area contributed by atoms with Crippen molar-refractivity contribution in [1.82, 2.24) is 0 Å². The minimum atomic E-state index is -0.560. The second-order valence-corrected chi connectivity index (χ2v) is 6.54. The summed E-state index contributed by atoms with van der Waals surface area (Å²) in [5.41, 5.74) is 0.638. The van der Waals surface area contributed by atoms with Crippen molar-refractivity contribution in [3.63, 3.8) is 0 Å². The molecular weight excluding hydrogens is 304 g/mol. The van der Waals surface area contributed by atoms with Gasteiger partial charge in [-0.1, -0.05) is 32.6 Å². The zero-order valence-electron chi connectivity index (χ0n) is 14.9. The van der Waals surface area contributed by atoms with Gasteiger partial charge in [-0.05, 0) is 44.9 Å². The molecule has 1 atom stereocenters. The van der Waals surface area contributed by atoms with Gasteiger partial charge in [-0.3, -0.25) is 0 Å². The predicted octanol–water partition coefficient (Wildman–Crippen LogP) is 4.85. The van der Waals surface area contributed by atoms with Gasteiger partial charge in [0.1, 0.15) is 17.1 Å². The smallest absolute Gasteiger partial charge is 0.338 e. The molecule has 0 aliphatic carbocycles. The zero-order chi connectivity index (χ0) is 17.6. The van der Waals surface area contributed by atoms with Gasteiger partial charge in [-0.2, -0.15) is 0 Å². The number of carbonyl (C=O) groups excluding carboxylic acids is 1. The summed E-state index contributed by atoms with van der Waals surface area (Å²) in [6.07, 6.45) is 8.59. The van der Waals surface area contributed by atoms with Gasteiger partial charge >= 0.3 is 5.97 Å². The van der Waals surface area contributed by atoms with Crippen LogP contribution in [0.4, 0.5) is 0 Å². The normalized spacial score (nSPS) is 19.2. The summed E-state index contributed by atoms with van der Waals surface area (Å²) in [5, 5.41) is 9.74. The van der Waals surface area contributed by atoms with Crippen molar-refractivity contribution in [1.29, 1.82) is 0 Å².